The van der Waals surface area contributed by atoms with Gasteiger partial charge in [-0.05, 0) is 31.2 Å². The molecule has 1 atom stereocenters. The topological polar surface area (TPSA) is 82.2 Å². The first-order valence-electron chi connectivity index (χ1n) is 8.63. The number of benzene rings is 1. The molecule has 25 heavy (non-hydrogen) atoms. The number of nitrogens with one attached hydrogen (secondary N) is 1. The Morgan fingerprint density at radius 3 is 2.76 bits per heavy atom. The Morgan fingerprint density at radius 1 is 1.24 bits per heavy atom. The van der Waals surface area contributed by atoms with E-state index in [4.69, 9.17) is 0 Å². The van der Waals surface area contributed by atoms with Gasteiger partial charge in [0.25, 0.3) is 0 Å². The number of aromatic amines is 1. The smallest absolute Gasteiger partial charge is 0.244 e. The number of aryl methyl sites for hydroxylation is 1. The van der Waals surface area contributed by atoms with Crippen LogP contribution < -0.4 is 4.90 Å². The second kappa shape index (κ2) is 5.98. The minimum atomic E-state index is -1.05. The summed E-state index contributed by atoms with van der Waals surface area (Å²) in [5.41, 5.74) is 0.745. The number of nitrogens with zero attached hydrogens (tertiary/aromatic N) is 4. The molecule has 0 radical (unpaired) electrons. The zero-order valence-corrected chi connectivity index (χ0v) is 14.2. The van der Waals surface area contributed by atoms with Gasteiger partial charge in [0.2, 0.25) is 11.8 Å². The lowest BCUT2D eigenvalue weighted by Crippen LogP contribution is -2.51. The van der Waals surface area contributed by atoms with Crippen LogP contribution in [0.1, 0.15) is 24.1 Å². The standard InChI is InChI=1S/C18H21N5O2/c1-22-11-9-18(16(22)24,12-13-6-3-2-4-7-13)17(25)23-10-5-8-14-15(23)20-21-19-14/h2-4,6-7H,5,8-12H2,1H3,(H,19,20,21). The number of likely N-dealkylation sites (tertiary alicyclic amines) is 1. The van der Waals surface area contributed by atoms with Crippen molar-refractivity contribution in [1.29, 1.82) is 0 Å². The number of carbonyl (C=O) groups excluding carboxylic acids is 2. The Balaban J connectivity index is 1.72. The van der Waals surface area contributed by atoms with Crippen molar-refractivity contribution < 1.29 is 9.59 Å². The highest BCUT2D eigenvalue weighted by molar-refractivity contribution is 6.12. The molecule has 2 aliphatic heterocycles. The lowest BCUT2D eigenvalue weighted by atomic mass is 9.78. The van der Waals surface area contributed by atoms with E-state index in [9.17, 15) is 9.59 Å². The number of amides is 2. The molecule has 7 nitrogen and oxygen atoms in total. The van der Waals surface area contributed by atoms with Gasteiger partial charge in [0, 0.05) is 20.1 Å². The van der Waals surface area contributed by atoms with Gasteiger partial charge in [-0.1, -0.05) is 30.3 Å². The van der Waals surface area contributed by atoms with Gasteiger partial charge in [0.15, 0.2) is 5.82 Å². The zero-order valence-electron chi connectivity index (χ0n) is 14.2. The molecule has 1 N–H and O–H groups in total. The van der Waals surface area contributed by atoms with Gasteiger partial charge in [-0.2, -0.15) is 10.3 Å². The number of fused-ring (bicyclic) bond motifs is 1. The third-order valence-electron chi connectivity index (χ3n) is 5.28. The number of anilines is 1. The van der Waals surface area contributed by atoms with Crippen LogP contribution in [0.2, 0.25) is 0 Å². The van der Waals surface area contributed by atoms with Crippen LogP contribution in [-0.2, 0) is 22.4 Å². The Labute approximate surface area is 146 Å². The largest absolute Gasteiger partial charge is 0.345 e. The summed E-state index contributed by atoms with van der Waals surface area (Å²) in [4.78, 5) is 29.9. The minimum Gasteiger partial charge on any atom is -0.345 e. The van der Waals surface area contributed by atoms with Crippen LogP contribution in [0.25, 0.3) is 0 Å². The van der Waals surface area contributed by atoms with E-state index in [1.807, 2.05) is 30.3 Å². The SMILES string of the molecule is CN1CCC(Cc2ccccc2)(C(=O)N2CCCc3n[nH]nc32)C1=O. The van der Waals surface area contributed by atoms with Gasteiger partial charge in [-0.25, -0.2) is 0 Å². The summed E-state index contributed by atoms with van der Waals surface area (Å²) >= 11 is 0. The van der Waals surface area contributed by atoms with Crippen molar-refractivity contribution in [2.75, 3.05) is 25.0 Å². The van der Waals surface area contributed by atoms with Crippen molar-refractivity contribution in [3.05, 3.63) is 41.6 Å². The number of hydrogen-bond acceptors (Lipinski definition) is 4. The van der Waals surface area contributed by atoms with Gasteiger partial charge < -0.3 is 4.90 Å². The molecule has 1 fully saturated rings. The fourth-order valence-electron chi connectivity index (χ4n) is 3.91. The second-order valence-corrected chi connectivity index (χ2v) is 6.88. The monoisotopic (exact) mass is 339 g/mol. The van der Waals surface area contributed by atoms with Gasteiger partial charge in [-0.15, -0.1) is 5.10 Å². The summed E-state index contributed by atoms with van der Waals surface area (Å²) < 4.78 is 0. The van der Waals surface area contributed by atoms with Crippen LogP contribution in [-0.4, -0.2) is 52.3 Å². The molecule has 1 unspecified atom stereocenters. The maximum Gasteiger partial charge on any atom is 0.244 e. The molecular weight excluding hydrogens is 318 g/mol. The Bertz CT molecular complexity index is 803. The van der Waals surface area contributed by atoms with E-state index >= 15 is 0 Å². The summed E-state index contributed by atoms with van der Waals surface area (Å²) in [5, 5.41) is 10.9. The molecule has 2 aliphatic rings. The van der Waals surface area contributed by atoms with Crippen LogP contribution >= 0.6 is 0 Å². The predicted octanol–water partition coefficient (Wildman–Crippen LogP) is 1.18. The molecule has 4 rings (SSSR count). The first kappa shape index (κ1) is 15.8. The third-order valence-corrected chi connectivity index (χ3v) is 5.28. The van der Waals surface area contributed by atoms with E-state index in [-0.39, 0.29) is 11.8 Å². The average Bonchev–Trinajstić information content (AvgIpc) is 3.23. The Morgan fingerprint density at radius 2 is 2.04 bits per heavy atom. The molecule has 7 heteroatoms. The average molecular weight is 339 g/mol. The molecule has 2 amide bonds. The van der Waals surface area contributed by atoms with E-state index in [0.29, 0.717) is 31.7 Å². The molecule has 130 valence electrons. The lowest BCUT2D eigenvalue weighted by Gasteiger charge is -2.33. The normalized spacial score (nSPS) is 23.0. The van der Waals surface area contributed by atoms with Crippen LogP contribution in [0.15, 0.2) is 30.3 Å². The van der Waals surface area contributed by atoms with Crippen LogP contribution in [0, 0.1) is 5.41 Å². The first-order chi connectivity index (χ1) is 12.1. The van der Waals surface area contributed by atoms with E-state index in [2.05, 4.69) is 15.4 Å². The number of rotatable bonds is 3. The van der Waals surface area contributed by atoms with Gasteiger partial charge in [0.1, 0.15) is 11.1 Å². The lowest BCUT2D eigenvalue weighted by molar-refractivity contribution is -0.143. The maximum absolute atomic E-state index is 13.5. The van der Waals surface area contributed by atoms with Gasteiger partial charge in [-0.3, -0.25) is 14.5 Å². The number of aromatic nitrogens is 3. The quantitative estimate of drug-likeness (QED) is 0.851. The summed E-state index contributed by atoms with van der Waals surface area (Å²) in [6.07, 6.45) is 2.57. The van der Waals surface area contributed by atoms with E-state index < -0.39 is 5.41 Å². The van der Waals surface area contributed by atoms with Crippen molar-refractivity contribution in [3.63, 3.8) is 0 Å². The van der Waals surface area contributed by atoms with Gasteiger partial charge >= 0.3 is 0 Å². The van der Waals surface area contributed by atoms with Crippen LogP contribution in [0.3, 0.4) is 0 Å². The highest BCUT2D eigenvalue weighted by Crippen LogP contribution is 2.39. The van der Waals surface area contributed by atoms with E-state index in [0.717, 1.165) is 24.1 Å². The van der Waals surface area contributed by atoms with Crippen molar-refractivity contribution in [1.82, 2.24) is 20.3 Å². The van der Waals surface area contributed by atoms with Crippen molar-refractivity contribution in [2.24, 2.45) is 5.41 Å². The van der Waals surface area contributed by atoms with Crippen molar-refractivity contribution in [2.45, 2.75) is 25.7 Å². The molecule has 0 spiro atoms. The summed E-state index contributed by atoms with van der Waals surface area (Å²) in [6, 6.07) is 9.75. The molecule has 0 bridgehead atoms. The minimum absolute atomic E-state index is 0.100. The molecule has 2 aromatic rings. The van der Waals surface area contributed by atoms with E-state index in [1.54, 1.807) is 16.8 Å². The number of carbonyl (C=O) groups is 2. The molecule has 3 heterocycles. The number of hydrogen-bond donors (Lipinski definition) is 1. The predicted molar refractivity (Wildman–Crippen MR) is 91.9 cm³/mol. The third kappa shape index (κ3) is 2.50. The molecule has 1 aromatic carbocycles. The van der Waals surface area contributed by atoms with Gasteiger partial charge in [0.05, 0.1) is 0 Å². The highest BCUT2D eigenvalue weighted by atomic mass is 16.2. The van der Waals surface area contributed by atoms with Crippen molar-refractivity contribution in [3.8, 4) is 0 Å². The summed E-state index contributed by atoms with van der Waals surface area (Å²) in [5.74, 6) is 0.323. The molecular formula is C18H21N5O2. The molecule has 0 aliphatic carbocycles. The summed E-state index contributed by atoms with van der Waals surface area (Å²) in [7, 11) is 1.76. The highest BCUT2D eigenvalue weighted by Gasteiger charge is 2.54. The summed E-state index contributed by atoms with van der Waals surface area (Å²) in [6.45, 7) is 1.17. The second-order valence-electron chi connectivity index (χ2n) is 6.88. The fourth-order valence-corrected chi connectivity index (χ4v) is 3.91. The van der Waals surface area contributed by atoms with Crippen LogP contribution in [0.5, 0.6) is 0 Å². The van der Waals surface area contributed by atoms with Crippen molar-refractivity contribution >= 4 is 17.6 Å². The Hall–Kier alpha value is -2.70. The molecule has 0 saturated carbocycles. The fraction of sp³-hybridized carbons (Fsp3) is 0.444. The first-order valence-corrected chi connectivity index (χ1v) is 8.63. The molecule has 1 saturated heterocycles. The maximum atomic E-state index is 13.5. The number of H-pyrrole nitrogens is 1. The zero-order chi connectivity index (χ0) is 17.4. The Kier molecular flexibility index (Phi) is 3.78. The molecule has 1 aromatic heterocycles. The van der Waals surface area contributed by atoms with Crippen LogP contribution in [0.4, 0.5) is 5.82 Å². The van der Waals surface area contributed by atoms with E-state index in [1.165, 1.54) is 0 Å².